The molecule has 0 atom stereocenters. The van der Waals surface area contributed by atoms with Crippen LogP contribution < -0.4 is 16.2 Å². The van der Waals surface area contributed by atoms with E-state index in [0.29, 0.717) is 17.9 Å². The van der Waals surface area contributed by atoms with E-state index >= 15 is 0 Å². The number of urea groups is 1. The number of thiophene rings is 1. The Labute approximate surface area is 134 Å². The molecule has 3 heterocycles. The van der Waals surface area contributed by atoms with Crippen LogP contribution in [0, 0.1) is 0 Å². The lowest BCUT2D eigenvalue weighted by Gasteiger charge is -2.03. The van der Waals surface area contributed by atoms with Gasteiger partial charge in [-0.15, -0.1) is 11.3 Å². The first-order valence-corrected chi connectivity index (χ1v) is 7.64. The van der Waals surface area contributed by atoms with Crippen LogP contribution in [0.15, 0.2) is 45.2 Å². The summed E-state index contributed by atoms with van der Waals surface area (Å²) in [6, 6.07) is 6.58. The third-order valence-electron chi connectivity index (χ3n) is 2.90. The SMILES string of the molecule is O=C(NCc1nc(-c2cc[nH]c(=O)c2)no1)NCc1cccs1. The van der Waals surface area contributed by atoms with Gasteiger partial charge >= 0.3 is 6.03 Å². The summed E-state index contributed by atoms with van der Waals surface area (Å²) in [6.07, 6.45) is 1.50. The van der Waals surface area contributed by atoms with Gasteiger partial charge in [0, 0.05) is 22.7 Å². The zero-order valence-electron chi connectivity index (χ0n) is 11.9. The predicted octanol–water partition coefficient (Wildman–Crippen LogP) is 1.49. The topological polar surface area (TPSA) is 113 Å². The highest BCUT2D eigenvalue weighted by Crippen LogP contribution is 2.12. The number of H-pyrrole nitrogens is 1. The summed E-state index contributed by atoms with van der Waals surface area (Å²) in [5.41, 5.74) is 0.297. The Bertz CT molecular complexity index is 840. The molecule has 0 bridgehead atoms. The predicted molar refractivity (Wildman–Crippen MR) is 83.7 cm³/mol. The van der Waals surface area contributed by atoms with Crippen molar-refractivity contribution in [2.75, 3.05) is 0 Å². The molecule has 9 heteroatoms. The Morgan fingerprint density at radius 3 is 2.96 bits per heavy atom. The number of rotatable bonds is 5. The first-order chi connectivity index (χ1) is 11.2. The van der Waals surface area contributed by atoms with E-state index in [9.17, 15) is 9.59 Å². The average Bonchev–Trinajstić information content (AvgIpc) is 3.22. The van der Waals surface area contributed by atoms with Crippen molar-refractivity contribution in [2.45, 2.75) is 13.1 Å². The molecule has 0 spiro atoms. The number of nitrogens with zero attached hydrogens (tertiary/aromatic N) is 2. The molecule has 0 aromatic carbocycles. The smallest absolute Gasteiger partial charge is 0.315 e. The van der Waals surface area contributed by atoms with Crippen LogP contribution in [0.1, 0.15) is 10.8 Å². The maximum absolute atomic E-state index is 11.7. The summed E-state index contributed by atoms with van der Waals surface area (Å²) in [5.74, 6) is 0.554. The molecule has 3 aromatic rings. The third-order valence-corrected chi connectivity index (χ3v) is 3.78. The van der Waals surface area contributed by atoms with Gasteiger partial charge in [0.1, 0.15) is 0 Å². The first-order valence-electron chi connectivity index (χ1n) is 6.76. The van der Waals surface area contributed by atoms with Gasteiger partial charge < -0.3 is 20.1 Å². The fourth-order valence-corrected chi connectivity index (χ4v) is 2.47. The summed E-state index contributed by atoms with van der Waals surface area (Å²) in [7, 11) is 0. The first kappa shape index (κ1) is 15.0. The second-order valence-corrected chi connectivity index (χ2v) is 5.60. The van der Waals surface area contributed by atoms with Gasteiger partial charge in [-0.1, -0.05) is 11.2 Å². The minimum Gasteiger partial charge on any atom is -0.337 e. The van der Waals surface area contributed by atoms with Crippen LogP contribution in [-0.2, 0) is 13.1 Å². The van der Waals surface area contributed by atoms with Crippen molar-refractivity contribution < 1.29 is 9.32 Å². The number of carbonyl (C=O) groups is 1. The number of pyridine rings is 1. The van der Waals surface area contributed by atoms with Crippen LogP contribution in [0.3, 0.4) is 0 Å². The molecule has 3 rings (SSSR count). The Balaban J connectivity index is 1.53. The highest BCUT2D eigenvalue weighted by atomic mass is 32.1. The number of hydrogen-bond donors (Lipinski definition) is 3. The molecular weight excluding hydrogens is 318 g/mol. The van der Waals surface area contributed by atoms with E-state index in [1.807, 2.05) is 17.5 Å². The molecule has 8 nitrogen and oxygen atoms in total. The molecule has 3 N–H and O–H groups in total. The summed E-state index contributed by atoms with van der Waals surface area (Å²) in [6.45, 7) is 0.567. The number of aromatic amines is 1. The molecule has 0 aliphatic rings. The van der Waals surface area contributed by atoms with Crippen molar-refractivity contribution in [3.8, 4) is 11.4 Å². The lowest BCUT2D eigenvalue weighted by Crippen LogP contribution is -2.34. The zero-order chi connectivity index (χ0) is 16.1. The highest BCUT2D eigenvalue weighted by Gasteiger charge is 2.10. The van der Waals surface area contributed by atoms with Gasteiger partial charge in [0.25, 0.3) is 0 Å². The minimum atomic E-state index is -0.325. The zero-order valence-corrected chi connectivity index (χ0v) is 12.7. The van der Waals surface area contributed by atoms with Gasteiger partial charge in [0.05, 0.1) is 13.1 Å². The summed E-state index contributed by atoms with van der Waals surface area (Å²) < 4.78 is 5.05. The second-order valence-electron chi connectivity index (χ2n) is 4.57. The molecule has 23 heavy (non-hydrogen) atoms. The van der Waals surface area contributed by atoms with E-state index < -0.39 is 0 Å². The number of nitrogens with one attached hydrogen (secondary N) is 3. The Kier molecular flexibility index (Phi) is 4.48. The molecule has 0 aliphatic carbocycles. The van der Waals surface area contributed by atoms with Crippen molar-refractivity contribution in [1.29, 1.82) is 0 Å². The van der Waals surface area contributed by atoms with Crippen LogP contribution >= 0.6 is 11.3 Å². The van der Waals surface area contributed by atoms with Crippen LogP contribution in [0.4, 0.5) is 4.79 Å². The van der Waals surface area contributed by atoms with Crippen LogP contribution in [0.25, 0.3) is 11.4 Å². The van der Waals surface area contributed by atoms with Crippen molar-refractivity contribution in [3.63, 3.8) is 0 Å². The Morgan fingerprint density at radius 2 is 2.17 bits per heavy atom. The van der Waals surface area contributed by atoms with Crippen molar-refractivity contribution >= 4 is 17.4 Å². The van der Waals surface area contributed by atoms with Gasteiger partial charge in [-0.2, -0.15) is 4.98 Å². The van der Waals surface area contributed by atoms with E-state index in [1.54, 1.807) is 17.4 Å². The Hall–Kier alpha value is -2.94. The standard InChI is InChI=1S/C14H13N5O3S/c20-11-6-9(3-4-15-11)13-18-12(22-19-13)8-17-14(21)16-7-10-2-1-5-23-10/h1-6H,7-8H2,(H,15,20)(H2,16,17,21). The van der Waals surface area contributed by atoms with Gasteiger partial charge in [0.2, 0.25) is 17.3 Å². The molecule has 0 unspecified atom stereocenters. The number of aromatic nitrogens is 3. The quantitative estimate of drug-likeness (QED) is 0.655. The number of hydrogen-bond acceptors (Lipinski definition) is 6. The average molecular weight is 331 g/mol. The number of carbonyl (C=O) groups excluding carboxylic acids is 1. The Morgan fingerprint density at radius 1 is 1.30 bits per heavy atom. The molecular formula is C14H13N5O3S. The van der Waals surface area contributed by atoms with Crippen LogP contribution in [0.2, 0.25) is 0 Å². The van der Waals surface area contributed by atoms with Crippen LogP contribution in [0.5, 0.6) is 0 Å². The van der Waals surface area contributed by atoms with Crippen molar-refractivity contribution in [3.05, 3.63) is 57.0 Å². The van der Waals surface area contributed by atoms with Gasteiger partial charge in [-0.3, -0.25) is 4.79 Å². The molecule has 0 fully saturated rings. The third kappa shape index (κ3) is 4.04. The molecule has 0 aliphatic heterocycles. The monoisotopic (exact) mass is 331 g/mol. The largest absolute Gasteiger partial charge is 0.337 e. The summed E-state index contributed by atoms with van der Waals surface area (Å²) in [4.78, 5) is 30.6. The van der Waals surface area contributed by atoms with E-state index in [-0.39, 0.29) is 24.0 Å². The van der Waals surface area contributed by atoms with E-state index in [4.69, 9.17) is 4.52 Å². The fraction of sp³-hybridized carbons (Fsp3) is 0.143. The van der Waals surface area contributed by atoms with Gasteiger partial charge in [0.15, 0.2) is 0 Å². The lowest BCUT2D eigenvalue weighted by atomic mass is 10.2. The maximum atomic E-state index is 11.7. The number of amides is 2. The molecule has 118 valence electrons. The minimum absolute atomic E-state index is 0.104. The normalized spacial score (nSPS) is 10.4. The van der Waals surface area contributed by atoms with Crippen molar-refractivity contribution in [1.82, 2.24) is 25.8 Å². The van der Waals surface area contributed by atoms with E-state index in [0.717, 1.165) is 4.88 Å². The highest BCUT2D eigenvalue weighted by molar-refractivity contribution is 7.09. The van der Waals surface area contributed by atoms with Crippen molar-refractivity contribution in [2.24, 2.45) is 0 Å². The fourth-order valence-electron chi connectivity index (χ4n) is 1.83. The second kappa shape index (κ2) is 6.88. The summed E-state index contributed by atoms with van der Waals surface area (Å²) >= 11 is 1.57. The van der Waals surface area contributed by atoms with E-state index in [2.05, 4.69) is 25.8 Å². The summed E-state index contributed by atoms with van der Waals surface area (Å²) in [5, 5.41) is 11.1. The molecule has 0 radical (unpaired) electrons. The maximum Gasteiger partial charge on any atom is 0.315 e. The van der Waals surface area contributed by atoms with Crippen LogP contribution in [-0.4, -0.2) is 21.2 Å². The molecule has 3 aromatic heterocycles. The lowest BCUT2D eigenvalue weighted by molar-refractivity contribution is 0.238. The molecule has 0 saturated carbocycles. The molecule has 0 saturated heterocycles. The van der Waals surface area contributed by atoms with Gasteiger partial charge in [-0.25, -0.2) is 4.79 Å². The molecule has 2 amide bonds. The van der Waals surface area contributed by atoms with Gasteiger partial charge in [-0.05, 0) is 17.5 Å². The van der Waals surface area contributed by atoms with E-state index in [1.165, 1.54) is 12.3 Å².